The molecule has 2 heterocycles. The number of H-pyrrole nitrogens is 1. The van der Waals surface area contributed by atoms with Crippen LogP contribution in [0, 0.1) is 0 Å². The van der Waals surface area contributed by atoms with Gasteiger partial charge in [-0.1, -0.05) is 12.8 Å². The number of carbonyl (C=O) groups is 2. The van der Waals surface area contributed by atoms with Gasteiger partial charge in [0, 0.05) is 48.1 Å². The number of anilines is 1. The summed E-state index contributed by atoms with van der Waals surface area (Å²) in [5.74, 6) is -0.295. The summed E-state index contributed by atoms with van der Waals surface area (Å²) < 4.78 is 0. The smallest absolute Gasteiger partial charge is 0.276 e. The summed E-state index contributed by atoms with van der Waals surface area (Å²) in [7, 11) is 0. The third kappa shape index (κ3) is 4.31. The molecular weight excluding hydrogens is 366 g/mol. The predicted molar refractivity (Wildman–Crippen MR) is 105 cm³/mol. The van der Waals surface area contributed by atoms with Gasteiger partial charge < -0.3 is 16.0 Å². The highest BCUT2D eigenvalue weighted by atomic mass is 35.5. The second-order valence-electron chi connectivity index (χ2n) is 6.94. The van der Waals surface area contributed by atoms with Gasteiger partial charge in [-0.25, -0.2) is 0 Å². The Morgan fingerprint density at radius 2 is 1.81 bits per heavy atom. The largest absolute Gasteiger partial charge is 0.349 e. The molecule has 0 atom stereocenters. The molecule has 4 rings (SSSR count). The van der Waals surface area contributed by atoms with Crippen LogP contribution in [0.4, 0.5) is 5.69 Å². The summed E-state index contributed by atoms with van der Waals surface area (Å²) in [4.78, 5) is 24.8. The number of aromatic amines is 1. The van der Waals surface area contributed by atoms with Gasteiger partial charge in [0.05, 0.1) is 0 Å². The number of fused-ring (bicyclic) bond motifs is 1. The van der Waals surface area contributed by atoms with E-state index in [2.05, 4.69) is 26.1 Å². The van der Waals surface area contributed by atoms with Crippen molar-refractivity contribution in [2.75, 3.05) is 11.9 Å². The molecule has 8 heteroatoms. The number of rotatable bonds is 4. The Kier molecular flexibility index (Phi) is 6.13. The van der Waals surface area contributed by atoms with Gasteiger partial charge in [-0.05, 0) is 37.1 Å². The molecule has 7 nitrogen and oxygen atoms in total. The molecule has 0 bridgehead atoms. The molecule has 1 saturated carbocycles. The average molecular weight is 390 g/mol. The van der Waals surface area contributed by atoms with Crippen molar-refractivity contribution in [1.29, 1.82) is 0 Å². The van der Waals surface area contributed by atoms with Crippen molar-refractivity contribution in [2.24, 2.45) is 0 Å². The SMILES string of the molecule is Cl.O=C(NC1CCCC1)c1ccc(NC(=O)c2n[nH]c3c2CNCC3)cc1. The van der Waals surface area contributed by atoms with Gasteiger partial charge in [0.15, 0.2) is 5.69 Å². The maximum Gasteiger partial charge on any atom is 0.276 e. The molecule has 1 aliphatic carbocycles. The lowest BCUT2D eigenvalue weighted by Gasteiger charge is -2.13. The van der Waals surface area contributed by atoms with Crippen LogP contribution in [0.1, 0.15) is 57.8 Å². The van der Waals surface area contributed by atoms with E-state index < -0.39 is 0 Å². The molecule has 0 unspecified atom stereocenters. The lowest BCUT2D eigenvalue weighted by molar-refractivity contribution is 0.0937. The zero-order valence-electron chi connectivity index (χ0n) is 15.0. The first-order valence-corrected chi connectivity index (χ1v) is 9.20. The third-order valence-electron chi connectivity index (χ3n) is 5.12. The van der Waals surface area contributed by atoms with E-state index in [1.807, 2.05) is 0 Å². The Hall–Kier alpha value is -2.38. The molecule has 27 heavy (non-hydrogen) atoms. The fraction of sp³-hybridized carbons (Fsp3) is 0.421. The lowest BCUT2D eigenvalue weighted by Crippen LogP contribution is -2.32. The molecule has 1 aliphatic heterocycles. The minimum Gasteiger partial charge on any atom is -0.349 e. The number of halogens is 1. The minimum atomic E-state index is -0.241. The fourth-order valence-corrected chi connectivity index (χ4v) is 3.65. The van der Waals surface area contributed by atoms with Gasteiger partial charge in [0.1, 0.15) is 0 Å². The standard InChI is InChI=1S/C19H23N5O2.ClH/c25-18(21-13-3-1-2-4-13)12-5-7-14(8-6-12)22-19(26)17-15-11-20-10-9-16(15)23-24-17;/h5-8,13,20H,1-4,9-11H2,(H,21,25)(H,22,26)(H,23,24);1H. The molecular formula is C19H24ClN5O2. The first kappa shape index (κ1) is 19.4. The van der Waals surface area contributed by atoms with E-state index in [0.29, 0.717) is 29.5 Å². The van der Waals surface area contributed by atoms with Gasteiger partial charge in [-0.3, -0.25) is 14.7 Å². The third-order valence-corrected chi connectivity index (χ3v) is 5.12. The molecule has 2 aliphatic rings. The van der Waals surface area contributed by atoms with Crippen LogP contribution in [0.2, 0.25) is 0 Å². The average Bonchev–Trinajstić information content (AvgIpc) is 3.31. The van der Waals surface area contributed by atoms with Crippen molar-refractivity contribution < 1.29 is 9.59 Å². The van der Waals surface area contributed by atoms with E-state index in [9.17, 15) is 9.59 Å². The van der Waals surface area contributed by atoms with Crippen LogP contribution in [-0.2, 0) is 13.0 Å². The van der Waals surface area contributed by atoms with Crippen molar-refractivity contribution >= 4 is 29.9 Å². The van der Waals surface area contributed by atoms with Gasteiger partial charge in [-0.15, -0.1) is 12.4 Å². The fourth-order valence-electron chi connectivity index (χ4n) is 3.65. The monoisotopic (exact) mass is 389 g/mol. The van der Waals surface area contributed by atoms with Gasteiger partial charge >= 0.3 is 0 Å². The molecule has 4 N–H and O–H groups in total. The summed E-state index contributed by atoms with van der Waals surface area (Å²) in [6, 6.07) is 7.27. The maximum atomic E-state index is 12.5. The molecule has 1 fully saturated rings. The van der Waals surface area contributed by atoms with Crippen molar-refractivity contribution in [3.63, 3.8) is 0 Å². The highest BCUT2D eigenvalue weighted by Gasteiger charge is 2.22. The van der Waals surface area contributed by atoms with E-state index in [1.165, 1.54) is 12.8 Å². The van der Waals surface area contributed by atoms with Gasteiger partial charge in [0.25, 0.3) is 11.8 Å². The minimum absolute atomic E-state index is 0. The van der Waals surface area contributed by atoms with Crippen LogP contribution in [0.25, 0.3) is 0 Å². The van der Waals surface area contributed by atoms with E-state index in [4.69, 9.17) is 0 Å². The topological polar surface area (TPSA) is 98.9 Å². The number of benzene rings is 1. The Morgan fingerprint density at radius 1 is 1.07 bits per heavy atom. The van der Waals surface area contributed by atoms with Gasteiger partial charge in [0.2, 0.25) is 0 Å². The Morgan fingerprint density at radius 3 is 2.56 bits per heavy atom. The Balaban J connectivity index is 0.00000210. The molecule has 2 aromatic rings. The molecule has 0 spiro atoms. The van der Waals surface area contributed by atoms with E-state index in [1.54, 1.807) is 24.3 Å². The zero-order valence-corrected chi connectivity index (χ0v) is 15.8. The Labute approximate surface area is 164 Å². The molecule has 144 valence electrons. The first-order chi connectivity index (χ1) is 12.7. The van der Waals surface area contributed by atoms with Crippen LogP contribution >= 0.6 is 12.4 Å². The molecule has 2 amide bonds. The number of hydrogen-bond donors (Lipinski definition) is 4. The highest BCUT2D eigenvalue weighted by molar-refractivity contribution is 6.04. The summed E-state index contributed by atoms with van der Waals surface area (Å²) in [5, 5.41) is 16.3. The predicted octanol–water partition coefficient (Wildman–Crippen LogP) is 2.40. The van der Waals surface area contributed by atoms with E-state index >= 15 is 0 Å². The summed E-state index contributed by atoms with van der Waals surface area (Å²) in [6.45, 7) is 1.54. The summed E-state index contributed by atoms with van der Waals surface area (Å²) in [5.41, 5.74) is 3.63. The number of hydrogen-bond acceptors (Lipinski definition) is 4. The van der Waals surface area contributed by atoms with Crippen molar-refractivity contribution in [3.8, 4) is 0 Å². The van der Waals surface area contributed by atoms with Crippen LogP contribution in [0.3, 0.4) is 0 Å². The lowest BCUT2D eigenvalue weighted by atomic mass is 10.1. The van der Waals surface area contributed by atoms with Gasteiger partial charge in [-0.2, -0.15) is 5.10 Å². The second kappa shape index (κ2) is 8.54. The van der Waals surface area contributed by atoms with Crippen molar-refractivity contribution in [2.45, 2.75) is 44.7 Å². The van der Waals surface area contributed by atoms with Crippen LogP contribution in [0.5, 0.6) is 0 Å². The van der Waals surface area contributed by atoms with E-state index in [0.717, 1.165) is 37.1 Å². The summed E-state index contributed by atoms with van der Waals surface area (Å²) in [6.07, 6.45) is 5.33. The normalized spacial score (nSPS) is 16.3. The van der Waals surface area contributed by atoms with E-state index in [-0.39, 0.29) is 24.2 Å². The molecule has 0 saturated heterocycles. The van der Waals surface area contributed by atoms with Crippen molar-refractivity contribution in [1.82, 2.24) is 20.8 Å². The van der Waals surface area contributed by atoms with Crippen molar-refractivity contribution in [3.05, 3.63) is 46.8 Å². The molecule has 1 aromatic carbocycles. The zero-order chi connectivity index (χ0) is 17.9. The molecule has 0 radical (unpaired) electrons. The van der Waals surface area contributed by atoms with Crippen LogP contribution < -0.4 is 16.0 Å². The van der Waals surface area contributed by atoms with Crippen LogP contribution in [-0.4, -0.2) is 34.6 Å². The Bertz CT molecular complexity index is 812. The second-order valence-corrected chi connectivity index (χ2v) is 6.94. The number of nitrogens with one attached hydrogen (secondary N) is 4. The number of carbonyl (C=O) groups excluding carboxylic acids is 2. The maximum absolute atomic E-state index is 12.5. The first-order valence-electron chi connectivity index (χ1n) is 9.20. The number of amides is 2. The number of aromatic nitrogens is 2. The van der Waals surface area contributed by atoms with Crippen LogP contribution in [0.15, 0.2) is 24.3 Å². The molecule has 1 aromatic heterocycles. The number of nitrogens with zero attached hydrogens (tertiary/aromatic N) is 1. The summed E-state index contributed by atoms with van der Waals surface area (Å²) >= 11 is 0. The highest BCUT2D eigenvalue weighted by Crippen LogP contribution is 2.19. The quantitative estimate of drug-likeness (QED) is 0.645.